The molecule has 1 N–H and O–H groups in total. The van der Waals surface area contributed by atoms with Crippen LogP contribution in [0.2, 0.25) is 0 Å². The molecule has 7 nitrogen and oxygen atoms in total. The van der Waals surface area contributed by atoms with Crippen LogP contribution < -0.4 is 10.1 Å². The summed E-state index contributed by atoms with van der Waals surface area (Å²) < 4.78 is 26.9. The number of fused-ring (bicyclic) bond motifs is 1. The van der Waals surface area contributed by atoms with E-state index in [2.05, 4.69) is 35.9 Å². The third-order valence-corrected chi connectivity index (χ3v) is 8.51. The molecular weight excluding hydrogens is 533 g/mol. The van der Waals surface area contributed by atoms with Crippen molar-refractivity contribution >= 4 is 11.8 Å². The first-order valence-corrected chi connectivity index (χ1v) is 14.8. The first kappa shape index (κ1) is 29.7. The van der Waals surface area contributed by atoms with E-state index in [0.717, 1.165) is 24.0 Å². The lowest BCUT2D eigenvalue weighted by Gasteiger charge is -2.40. The number of halogens is 1. The molecule has 2 saturated heterocycles. The van der Waals surface area contributed by atoms with Gasteiger partial charge in [-0.1, -0.05) is 43.4 Å². The highest BCUT2D eigenvalue weighted by atomic mass is 19.1. The average molecular weight is 574 g/mol. The predicted molar refractivity (Wildman–Crippen MR) is 161 cm³/mol. The topological polar surface area (TPSA) is 71.1 Å². The number of allylic oxidation sites excluding steroid dienone is 2. The Balaban J connectivity index is 1.26. The molecule has 8 heteroatoms. The molecule has 42 heavy (non-hydrogen) atoms. The summed E-state index contributed by atoms with van der Waals surface area (Å²) in [5.41, 5.74) is 4.31. The van der Waals surface area contributed by atoms with Crippen molar-refractivity contribution in [1.29, 1.82) is 0 Å². The molecule has 4 atom stereocenters. The van der Waals surface area contributed by atoms with Crippen LogP contribution in [0, 0.1) is 12.7 Å². The van der Waals surface area contributed by atoms with Crippen LogP contribution in [0.15, 0.2) is 78.4 Å². The number of piperazine rings is 1. The van der Waals surface area contributed by atoms with Gasteiger partial charge in [0, 0.05) is 37.8 Å². The number of aryl methyl sites for hydroxylation is 1. The fourth-order valence-electron chi connectivity index (χ4n) is 5.93. The summed E-state index contributed by atoms with van der Waals surface area (Å²) in [6.45, 7) is 12.4. The van der Waals surface area contributed by atoms with Gasteiger partial charge in [0.05, 0.1) is 18.8 Å². The second kappa shape index (κ2) is 13.0. The maximum absolute atomic E-state index is 14.6. The molecule has 0 radical (unpaired) electrons. The fourth-order valence-corrected chi connectivity index (χ4v) is 5.93. The number of amides is 2. The molecule has 2 aliphatic heterocycles. The van der Waals surface area contributed by atoms with Crippen molar-refractivity contribution in [2.45, 2.75) is 57.9 Å². The van der Waals surface area contributed by atoms with E-state index in [0.29, 0.717) is 49.7 Å². The molecule has 1 unspecified atom stereocenters. The van der Waals surface area contributed by atoms with Gasteiger partial charge in [0.1, 0.15) is 17.7 Å². The van der Waals surface area contributed by atoms with Crippen LogP contribution in [0.3, 0.4) is 0 Å². The van der Waals surface area contributed by atoms with E-state index in [1.165, 1.54) is 17.7 Å². The van der Waals surface area contributed by atoms with Crippen LogP contribution in [-0.4, -0.2) is 72.6 Å². The number of ether oxygens (including phenoxy) is 2. The number of benzene rings is 2. The molecule has 3 aliphatic rings. The van der Waals surface area contributed by atoms with Crippen molar-refractivity contribution in [3.63, 3.8) is 0 Å². The third kappa shape index (κ3) is 6.66. The smallest absolute Gasteiger partial charge is 0.251 e. The van der Waals surface area contributed by atoms with Crippen LogP contribution >= 0.6 is 0 Å². The van der Waals surface area contributed by atoms with Crippen LogP contribution in [0.4, 0.5) is 4.39 Å². The minimum atomic E-state index is -0.444. The van der Waals surface area contributed by atoms with Gasteiger partial charge in [-0.05, 0) is 79.8 Å². The number of carbonyl (C=O) groups is 2. The molecule has 2 aromatic rings. The Morgan fingerprint density at radius 1 is 1.19 bits per heavy atom. The van der Waals surface area contributed by atoms with Gasteiger partial charge in [0.2, 0.25) is 5.91 Å². The predicted octanol–water partition coefficient (Wildman–Crippen LogP) is 5.14. The third-order valence-electron chi connectivity index (χ3n) is 8.51. The van der Waals surface area contributed by atoms with Crippen LogP contribution in [-0.2, 0) is 9.53 Å². The van der Waals surface area contributed by atoms with Crippen molar-refractivity contribution in [3.05, 3.63) is 101 Å². The Morgan fingerprint density at radius 2 is 1.98 bits per heavy atom. The van der Waals surface area contributed by atoms with Gasteiger partial charge in [-0.2, -0.15) is 0 Å². The summed E-state index contributed by atoms with van der Waals surface area (Å²) in [7, 11) is 0. The van der Waals surface area contributed by atoms with Gasteiger partial charge in [-0.15, -0.1) is 0 Å². The largest absolute Gasteiger partial charge is 0.484 e. The van der Waals surface area contributed by atoms with Crippen molar-refractivity contribution < 1.29 is 23.5 Å². The molecule has 1 aliphatic carbocycles. The van der Waals surface area contributed by atoms with E-state index in [9.17, 15) is 14.0 Å². The summed E-state index contributed by atoms with van der Waals surface area (Å²) >= 11 is 0. The highest BCUT2D eigenvalue weighted by Crippen LogP contribution is 2.31. The number of hydrogen-bond acceptors (Lipinski definition) is 5. The molecule has 2 fully saturated rings. The van der Waals surface area contributed by atoms with E-state index in [1.807, 2.05) is 17.9 Å². The first-order valence-electron chi connectivity index (χ1n) is 14.8. The van der Waals surface area contributed by atoms with Gasteiger partial charge in [-0.25, -0.2) is 4.39 Å². The van der Waals surface area contributed by atoms with E-state index >= 15 is 0 Å². The van der Waals surface area contributed by atoms with Crippen molar-refractivity contribution in [1.82, 2.24) is 15.1 Å². The number of carbonyl (C=O) groups excluding carboxylic acids is 2. The van der Waals surface area contributed by atoms with Crippen molar-refractivity contribution in [2.75, 3.05) is 32.8 Å². The lowest BCUT2D eigenvalue weighted by molar-refractivity contribution is -0.130. The molecule has 5 rings (SSSR count). The Labute approximate surface area is 247 Å². The summed E-state index contributed by atoms with van der Waals surface area (Å²) in [5, 5.41) is 3.11. The Kier molecular flexibility index (Phi) is 9.24. The number of nitrogens with one attached hydrogen (secondary N) is 1. The highest BCUT2D eigenvalue weighted by molar-refractivity contribution is 5.94. The standard InChI is InChI=1S/C34H40FN3O4/c1-5-24-8-14-28-30(21-41-31(28)17-24)36-34(40)25-10-12-27(13-11-25)42-32(26-9-7-22(3)29(35)18-26)20-37-15-16-38(23(4)19-37)33(39)6-2/h6-14,18,23,30-32H,2,5,15-17,19-21H2,1,3-4H3,(H,36,40)/t23-,30-,31?,32+/m1/s1. The van der Waals surface area contributed by atoms with Gasteiger partial charge in [-0.3, -0.25) is 14.5 Å². The summed E-state index contributed by atoms with van der Waals surface area (Å²) in [6.07, 6.45) is 7.07. The zero-order chi connectivity index (χ0) is 29.8. The summed E-state index contributed by atoms with van der Waals surface area (Å²) in [5.74, 6) is 0.0657. The molecule has 0 saturated carbocycles. The highest BCUT2D eigenvalue weighted by Gasteiger charge is 2.34. The lowest BCUT2D eigenvalue weighted by Crippen LogP contribution is -2.54. The normalized spacial score (nSPS) is 23.0. The summed E-state index contributed by atoms with van der Waals surface area (Å²) in [6, 6.07) is 12.1. The minimum Gasteiger partial charge on any atom is -0.484 e. The van der Waals surface area contributed by atoms with Crippen LogP contribution in [0.1, 0.15) is 54.3 Å². The van der Waals surface area contributed by atoms with Crippen molar-refractivity contribution in [2.24, 2.45) is 0 Å². The molecule has 0 aromatic heterocycles. The van der Waals surface area contributed by atoms with Crippen LogP contribution in [0.5, 0.6) is 5.75 Å². The summed E-state index contributed by atoms with van der Waals surface area (Å²) in [4.78, 5) is 29.3. The molecule has 2 amide bonds. The zero-order valence-electron chi connectivity index (χ0n) is 24.6. The Hall–Kier alpha value is -3.75. The van der Waals surface area contributed by atoms with E-state index in [4.69, 9.17) is 9.47 Å². The number of rotatable bonds is 9. The number of hydrogen-bond donors (Lipinski definition) is 1. The molecule has 0 bridgehead atoms. The zero-order valence-corrected chi connectivity index (χ0v) is 24.6. The minimum absolute atomic E-state index is 0.0205. The molecule has 222 valence electrons. The van der Waals surface area contributed by atoms with Gasteiger partial charge in [0.15, 0.2) is 0 Å². The second-order valence-corrected chi connectivity index (χ2v) is 11.4. The van der Waals surface area contributed by atoms with E-state index in [-0.39, 0.29) is 35.8 Å². The van der Waals surface area contributed by atoms with Crippen molar-refractivity contribution in [3.8, 4) is 5.75 Å². The maximum Gasteiger partial charge on any atom is 0.251 e. The molecule has 0 spiro atoms. The second-order valence-electron chi connectivity index (χ2n) is 11.4. The quantitative estimate of drug-likeness (QED) is 0.421. The van der Waals surface area contributed by atoms with Gasteiger partial charge in [0.25, 0.3) is 5.91 Å². The Morgan fingerprint density at radius 3 is 2.67 bits per heavy atom. The first-order chi connectivity index (χ1) is 20.2. The van der Waals surface area contributed by atoms with Gasteiger partial charge >= 0.3 is 0 Å². The fraction of sp³-hybridized carbons (Fsp3) is 0.412. The monoisotopic (exact) mass is 573 g/mol. The van der Waals surface area contributed by atoms with Crippen LogP contribution in [0.25, 0.3) is 0 Å². The molecular formula is C34H40FN3O4. The van der Waals surface area contributed by atoms with E-state index in [1.54, 1.807) is 37.3 Å². The van der Waals surface area contributed by atoms with Gasteiger partial charge < -0.3 is 19.7 Å². The average Bonchev–Trinajstić information content (AvgIpc) is 3.39. The Bertz CT molecular complexity index is 1390. The lowest BCUT2D eigenvalue weighted by atomic mass is 9.92. The maximum atomic E-state index is 14.6. The molecule has 2 heterocycles. The molecule has 2 aromatic carbocycles. The number of nitrogens with zero attached hydrogens (tertiary/aromatic N) is 2. The van der Waals surface area contributed by atoms with E-state index < -0.39 is 6.10 Å². The SMILES string of the molecule is C=CC(=O)N1CCN(C[C@H](Oc2ccc(C(=O)N[C@@H]3COC4CC(CC)=CC=C43)cc2)c2ccc(C)c(F)c2)C[C@H]1C.